The summed E-state index contributed by atoms with van der Waals surface area (Å²) in [6.45, 7) is 4.28. The molecule has 2 nitrogen and oxygen atoms in total. The van der Waals surface area contributed by atoms with Gasteiger partial charge < -0.3 is 4.74 Å². The molecule has 0 heterocycles. The Kier molecular flexibility index (Phi) is 3.62. The van der Waals surface area contributed by atoms with Crippen molar-refractivity contribution in [3.8, 4) is 0 Å². The van der Waals surface area contributed by atoms with Crippen LogP contribution >= 0.6 is 0 Å². The Hall–Kier alpha value is -0.790. The van der Waals surface area contributed by atoms with Crippen LogP contribution in [0.3, 0.4) is 0 Å². The number of fused-ring (bicyclic) bond motifs is 5. The van der Waals surface area contributed by atoms with Crippen LogP contribution in [-0.2, 0) is 9.53 Å². The van der Waals surface area contributed by atoms with Crippen molar-refractivity contribution in [1.82, 2.24) is 0 Å². The van der Waals surface area contributed by atoms with Crippen molar-refractivity contribution in [2.75, 3.05) is 0 Å². The molecule has 0 spiro atoms. The zero-order valence-corrected chi connectivity index (χ0v) is 14.1. The molecule has 2 heteroatoms. The lowest BCUT2D eigenvalue weighted by Gasteiger charge is -2.37. The third kappa shape index (κ3) is 2.43. The lowest BCUT2D eigenvalue weighted by Crippen LogP contribution is -2.39. The molecule has 4 aliphatic carbocycles. The number of carbonyl (C=O) groups is 1. The number of esters is 1. The number of ether oxygens (including phenoxy) is 1. The maximum atomic E-state index is 12.7. The topological polar surface area (TPSA) is 26.3 Å². The lowest BCUT2D eigenvalue weighted by molar-refractivity contribution is -0.168. The molecule has 0 aromatic carbocycles. The largest absolute Gasteiger partial charge is 0.459 e. The van der Waals surface area contributed by atoms with E-state index in [1.807, 2.05) is 0 Å². The van der Waals surface area contributed by atoms with Crippen molar-refractivity contribution in [3.63, 3.8) is 0 Å². The van der Waals surface area contributed by atoms with E-state index in [9.17, 15) is 4.79 Å². The van der Waals surface area contributed by atoms with Gasteiger partial charge in [0.25, 0.3) is 0 Å². The molecule has 0 aromatic rings. The second-order valence-electron chi connectivity index (χ2n) is 8.80. The molecule has 22 heavy (non-hydrogen) atoms. The van der Waals surface area contributed by atoms with Crippen LogP contribution in [0.2, 0.25) is 0 Å². The summed E-state index contributed by atoms with van der Waals surface area (Å²) in [4.78, 5) is 12.7. The highest BCUT2D eigenvalue weighted by Gasteiger charge is 2.52. The van der Waals surface area contributed by atoms with E-state index in [1.54, 1.807) is 0 Å². The minimum absolute atomic E-state index is 0.101. The van der Waals surface area contributed by atoms with Gasteiger partial charge in [0.1, 0.15) is 5.60 Å². The van der Waals surface area contributed by atoms with Crippen LogP contribution in [-0.4, -0.2) is 11.6 Å². The summed E-state index contributed by atoms with van der Waals surface area (Å²) in [6, 6.07) is 0. The van der Waals surface area contributed by atoms with Gasteiger partial charge in [-0.3, -0.25) is 4.79 Å². The average Bonchev–Trinajstić information content (AvgIpc) is 3.20. The number of carbonyl (C=O) groups excluding carboxylic acids is 1. The number of rotatable bonds is 3. The van der Waals surface area contributed by atoms with E-state index in [0.29, 0.717) is 5.92 Å². The van der Waals surface area contributed by atoms with Crippen LogP contribution in [0.4, 0.5) is 0 Å². The molecular weight excluding hydrogens is 272 g/mol. The van der Waals surface area contributed by atoms with Crippen molar-refractivity contribution >= 4 is 5.97 Å². The van der Waals surface area contributed by atoms with Crippen LogP contribution in [0.1, 0.15) is 65.2 Å². The van der Waals surface area contributed by atoms with Crippen LogP contribution in [0.5, 0.6) is 0 Å². The van der Waals surface area contributed by atoms with Gasteiger partial charge >= 0.3 is 5.97 Å². The summed E-state index contributed by atoms with van der Waals surface area (Å²) in [5.41, 5.74) is -0.271. The summed E-state index contributed by atoms with van der Waals surface area (Å²) in [7, 11) is 0. The summed E-state index contributed by atoms with van der Waals surface area (Å²) >= 11 is 0. The maximum absolute atomic E-state index is 12.7. The molecule has 2 bridgehead atoms. The molecule has 4 atom stereocenters. The third-order valence-corrected chi connectivity index (χ3v) is 7.20. The molecule has 4 aliphatic rings. The Balaban J connectivity index is 1.37. The first-order valence-electron chi connectivity index (χ1n) is 9.46. The van der Waals surface area contributed by atoms with Crippen molar-refractivity contribution in [3.05, 3.63) is 12.2 Å². The smallest absolute Gasteiger partial charge is 0.309 e. The van der Waals surface area contributed by atoms with E-state index < -0.39 is 0 Å². The van der Waals surface area contributed by atoms with Crippen molar-refractivity contribution in [2.24, 2.45) is 35.5 Å². The highest BCUT2D eigenvalue weighted by Crippen LogP contribution is 2.57. The van der Waals surface area contributed by atoms with Gasteiger partial charge in [0, 0.05) is 0 Å². The fraction of sp³-hybridized carbons (Fsp3) is 0.850. The molecule has 0 radical (unpaired) electrons. The van der Waals surface area contributed by atoms with E-state index in [-0.39, 0.29) is 17.5 Å². The highest BCUT2D eigenvalue weighted by atomic mass is 16.6. The van der Waals surface area contributed by atoms with E-state index in [0.717, 1.165) is 36.5 Å². The van der Waals surface area contributed by atoms with Gasteiger partial charge in [-0.1, -0.05) is 31.4 Å². The van der Waals surface area contributed by atoms with Crippen LogP contribution in [0, 0.1) is 35.5 Å². The van der Waals surface area contributed by atoms with Crippen molar-refractivity contribution in [2.45, 2.75) is 70.8 Å². The Labute approximate surface area is 134 Å². The summed E-state index contributed by atoms with van der Waals surface area (Å²) in [5.74, 6) is 3.89. The molecule has 4 rings (SSSR count). The minimum atomic E-state index is -0.271. The van der Waals surface area contributed by atoms with Crippen LogP contribution < -0.4 is 0 Å². The fourth-order valence-electron chi connectivity index (χ4n) is 5.90. The quantitative estimate of drug-likeness (QED) is 0.556. The van der Waals surface area contributed by atoms with Gasteiger partial charge in [0.15, 0.2) is 0 Å². The molecule has 0 aliphatic heterocycles. The lowest BCUT2D eigenvalue weighted by atomic mass is 9.78. The normalized spacial score (nSPS) is 40.9. The molecule has 3 fully saturated rings. The molecular formula is C20H30O2. The van der Waals surface area contributed by atoms with Gasteiger partial charge in [0.05, 0.1) is 5.92 Å². The molecule has 122 valence electrons. The molecule has 3 saturated carbocycles. The zero-order valence-electron chi connectivity index (χ0n) is 14.1. The molecule has 0 saturated heterocycles. The molecule has 0 amide bonds. The second kappa shape index (κ2) is 5.39. The number of allylic oxidation sites excluding steroid dienone is 2. The zero-order chi connectivity index (χ0) is 15.3. The first kappa shape index (κ1) is 14.8. The predicted molar refractivity (Wildman–Crippen MR) is 87.2 cm³/mol. The Morgan fingerprint density at radius 3 is 2.14 bits per heavy atom. The van der Waals surface area contributed by atoms with Crippen molar-refractivity contribution in [1.29, 1.82) is 0 Å². The van der Waals surface area contributed by atoms with Gasteiger partial charge in [-0.25, -0.2) is 0 Å². The number of hydrogen-bond acceptors (Lipinski definition) is 2. The fourth-order valence-corrected chi connectivity index (χ4v) is 5.90. The average molecular weight is 302 g/mol. The summed E-state index contributed by atoms with van der Waals surface area (Å²) < 4.78 is 6.06. The van der Waals surface area contributed by atoms with Crippen LogP contribution in [0.25, 0.3) is 0 Å². The summed E-state index contributed by atoms with van der Waals surface area (Å²) in [5, 5.41) is 0. The molecule has 0 N–H and O–H groups in total. The second-order valence-corrected chi connectivity index (χ2v) is 8.80. The van der Waals surface area contributed by atoms with E-state index in [1.165, 1.54) is 38.5 Å². The van der Waals surface area contributed by atoms with Gasteiger partial charge in [-0.15, -0.1) is 0 Å². The van der Waals surface area contributed by atoms with Gasteiger partial charge in [-0.05, 0) is 75.5 Å². The molecule has 4 unspecified atom stereocenters. The van der Waals surface area contributed by atoms with Crippen molar-refractivity contribution < 1.29 is 9.53 Å². The van der Waals surface area contributed by atoms with Gasteiger partial charge in [0.2, 0.25) is 0 Å². The minimum Gasteiger partial charge on any atom is -0.459 e. The highest BCUT2D eigenvalue weighted by molar-refractivity contribution is 5.73. The third-order valence-electron chi connectivity index (χ3n) is 7.20. The standard InChI is InChI=1S/C20H30O2/c1-20(2,16-6-4-3-5-7-16)22-19(21)15-11-17-13-8-9-14(10-13)18(17)12-15/h8-9,13-18H,3-7,10-12H2,1-2H3. The molecule has 0 aromatic heterocycles. The Morgan fingerprint density at radius 1 is 0.955 bits per heavy atom. The van der Waals surface area contributed by atoms with Crippen LogP contribution in [0.15, 0.2) is 12.2 Å². The maximum Gasteiger partial charge on any atom is 0.309 e. The monoisotopic (exact) mass is 302 g/mol. The first-order chi connectivity index (χ1) is 10.5. The van der Waals surface area contributed by atoms with E-state index in [4.69, 9.17) is 4.74 Å². The SMILES string of the molecule is CC(C)(OC(=O)C1CC2C3C=CC(C3)C2C1)C1CCCCC1. The van der Waals surface area contributed by atoms with E-state index >= 15 is 0 Å². The Bertz CT molecular complexity index is 452. The first-order valence-corrected chi connectivity index (χ1v) is 9.46. The Morgan fingerprint density at radius 2 is 1.55 bits per heavy atom. The number of hydrogen-bond donors (Lipinski definition) is 0. The van der Waals surface area contributed by atoms with E-state index in [2.05, 4.69) is 26.0 Å². The summed E-state index contributed by atoms with van der Waals surface area (Å²) in [6.07, 6.45) is 14.7. The predicted octanol–water partition coefficient (Wildman–Crippen LogP) is 4.74. The van der Waals surface area contributed by atoms with Gasteiger partial charge in [-0.2, -0.15) is 0 Å².